The van der Waals surface area contributed by atoms with Crippen LogP contribution in [0.25, 0.3) is 10.9 Å². The number of hydrogen-bond donors (Lipinski definition) is 2. The van der Waals surface area contributed by atoms with E-state index >= 15 is 0 Å². The molecule has 1 aromatic carbocycles. The van der Waals surface area contributed by atoms with Crippen molar-refractivity contribution in [2.24, 2.45) is 0 Å². The number of fused-ring (bicyclic) bond motifs is 1. The number of ketones is 1. The molecule has 1 aliphatic heterocycles. The molecule has 0 spiro atoms. The first kappa shape index (κ1) is 15.7. The molecule has 1 amide bonds. The fraction of sp³-hybridized carbons (Fsp3) is 0.444. The number of carbonyl (C=O) groups excluding carboxylic acids is 2. The van der Waals surface area contributed by atoms with Crippen molar-refractivity contribution < 1.29 is 9.59 Å². The number of aromatic amines is 1. The maximum absolute atomic E-state index is 12.9. The van der Waals surface area contributed by atoms with Crippen molar-refractivity contribution in [2.45, 2.75) is 38.3 Å². The molecule has 122 valence electrons. The lowest BCUT2D eigenvalue weighted by molar-refractivity contribution is -0.138. The van der Waals surface area contributed by atoms with Gasteiger partial charge in [0.25, 0.3) is 0 Å². The lowest BCUT2D eigenvalue weighted by Crippen LogP contribution is -2.49. The van der Waals surface area contributed by atoms with Crippen LogP contribution >= 0.6 is 0 Å². The highest BCUT2D eigenvalue weighted by molar-refractivity contribution is 5.91. The lowest BCUT2D eigenvalue weighted by Gasteiger charge is -2.27. The summed E-state index contributed by atoms with van der Waals surface area (Å²) < 4.78 is 0. The van der Waals surface area contributed by atoms with Gasteiger partial charge < -0.3 is 15.2 Å². The number of amides is 1. The summed E-state index contributed by atoms with van der Waals surface area (Å²) in [5.41, 5.74) is 2.19. The number of likely N-dealkylation sites (N-methyl/N-ethyl adjacent to an activating group) is 1. The van der Waals surface area contributed by atoms with E-state index in [1.165, 1.54) is 0 Å². The van der Waals surface area contributed by atoms with E-state index in [-0.39, 0.29) is 23.8 Å². The third-order valence-electron chi connectivity index (χ3n) is 4.75. The van der Waals surface area contributed by atoms with Gasteiger partial charge in [-0.1, -0.05) is 18.2 Å². The molecule has 0 aliphatic carbocycles. The fourth-order valence-corrected chi connectivity index (χ4v) is 3.49. The predicted molar refractivity (Wildman–Crippen MR) is 90.3 cm³/mol. The predicted octanol–water partition coefficient (Wildman–Crippen LogP) is 1.88. The van der Waals surface area contributed by atoms with Crippen molar-refractivity contribution in [2.75, 3.05) is 13.6 Å². The first-order valence-electron chi connectivity index (χ1n) is 8.15. The molecule has 0 saturated carbocycles. The van der Waals surface area contributed by atoms with Gasteiger partial charge in [-0.15, -0.1) is 0 Å². The normalized spacial score (nSPS) is 19.2. The van der Waals surface area contributed by atoms with Crippen LogP contribution in [0.3, 0.4) is 0 Å². The van der Waals surface area contributed by atoms with Gasteiger partial charge in [-0.3, -0.25) is 9.59 Å². The van der Waals surface area contributed by atoms with E-state index in [1.807, 2.05) is 24.4 Å². The Hall–Kier alpha value is -2.14. The molecule has 1 aromatic heterocycles. The van der Waals surface area contributed by atoms with Crippen molar-refractivity contribution in [1.29, 1.82) is 0 Å². The third-order valence-corrected chi connectivity index (χ3v) is 4.75. The zero-order valence-electron chi connectivity index (χ0n) is 13.6. The van der Waals surface area contributed by atoms with Gasteiger partial charge in [0, 0.05) is 23.6 Å². The van der Waals surface area contributed by atoms with Gasteiger partial charge in [-0.25, -0.2) is 0 Å². The van der Waals surface area contributed by atoms with Crippen LogP contribution < -0.4 is 5.32 Å². The molecule has 0 radical (unpaired) electrons. The van der Waals surface area contributed by atoms with E-state index < -0.39 is 0 Å². The number of Topliss-reactive ketones (excluding diaryl/α,β-unsaturated/α-hetero) is 1. The Labute approximate surface area is 136 Å². The molecule has 1 saturated heterocycles. The quantitative estimate of drug-likeness (QED) is 0.886. The highest BCUT2D eigenvalue weighted by Crippen LogP contribution is 2.22. The van der Waals surface area contributed by atoms with Crippen LogP contribution in [-0.4, -0.2) is 47.3 Å². The minimum Gasteiger partial charge on any atom is -0.361 e. The van der Waals surface area contributed by atoms with Gasteiger partial charge in [0.05, 0.1) is 12.1 Å². The molecule has 2 aromatic rings. The summed E-state index contributed by atoms with van der Waals surface area (Å²) in [5, 5.41) is 4.27. The van der Waals surface area contributed by atoms with Crippen molar-refractivity contribution in [3.8, 4) is 0 Å². The SMILES string of the molecule is CN[C@@H](Cc1c[nH]c2ccccc12)C(=O)N1CCC[C@H]1C(C)=O. The summed E-state index contributed by atoms with van der Waals surface area (Å²) >= 11 is 0. The molecule has 1 fully saturated rings. The van der Waals surface area contributed by atoms with Gasteiger partial charge in [-0.2, -0.15) is 0 Å². The second kappa shape index (κ2) is 6.54. The van der Waals surface area contributed by atoms with E-state index in [4.69, 9.17) is 0 Å². The third kappa shape index (κ3) is 3.01. The smallest absolute Gasteiger partial charge is 0.240 e. The molecule has 5 nitrogen and oxygen atoms in total. The summed E-state index contributed by atoms with van der Waals surface area (Å²) in [6.07, 6.45) is 4.26. The standard InChI is InChI=1S/C18H23N3O2/c1-12(22)17-8-5-9-21(17)18(23)16(19-2)10-13-11-20-15-7-4-3-6-14(13)15/h3-4,6-7,11,16-17,19-20H,5,8-10H2,1-2H3/t16-,17-/m0/s1. The summed E-state index contributed by atoms with van der Waals surface area (Å²) in [5.74, 6) is 0.105. The molecular weight excluding hydrogens is 290 g/mol. The Kier molecular flexibility index (Phi) is 4.48. The van der Waals surface area contributed by atoms with Crippen LogP contribution in [0.15, 0.2) is 30.5 Å². The molecule has 0 bridgehead atoms. The van der Waals surface area contributed by atoms with Gasteiger partial charge in [0.1, 0.15) is 0 Å². The first-order chi connectivity index (χ1) is 11.1. The van der Waals surface area contributed by atoms with E-state index in [0.717, 1.165) is 29.3 Å². The van der Waals surface area contributed by atoms with E-state index in [9.17, 15) is 9.59 Å². The van der Waals surface area contributed by atoms with Crippen LogP contribution in [0.4, 0.5) is 0 Å². The van der Waals surface area contributed by atoms with Crippen LogP contribution in [-0.2, 0) is 16.0 Å². The number of likely N-dealkylation sites (tertiary alicyclic amines) is 1. The van der Waals surface area contributed by atoms with Crippen molar-refractivity contribution in [1.82, 2.24) is 15.2 Å². The van der Waals surface area contributed by atoms with Gasteiger partial charge in [0.2, 0.25) is 5.91 Å². The number of nitrogens with zero attached hydrogens (tertiary/aromatic N) is 1. The fourth-order valence-electron chi connectivity index (χ4n) is 3.49. The second-order valence-electron chi connectivity index (χ2n) is 6.21. The van der Waals surface area contributed by atoms with Crippen molar-refractivity contribution >= 4 is 22.6 Å². The summed E-state index contributed by atoms with van der Waals surface area (Å²) in [7, 11) is 1.80. The van der Waals surface area contributed by atoms with Crippen molar-refractivity contribution in [3.63, 3.8) is 0 Å². The molecule has 2 N–H and O–H groups in total. The zero-order chi connectivity index (χ0) is 16.4. The van der Waals surface area contributed by atoms with Gasteiger partial charge in [0.15, 0.2) is 5.78 Å². The molecule has 1 aliphatic rings. The van der Waals surface area contributed by atoms with Crippen LogP contribution in [0.1, 0.15) is 25.3 Å². The molecule has 23 heavy (non-hydrogen) atoms. The Morgan fingerprint density at radius 1 is 1.39 bits per heavy atom. The van der Waals surface area contributed by atoms with Gasteiger partial charge in [-0.05, 0) is 44.9 Å². The molecule has 2 heterocycles. The number of hydrogen-bond acceptors (Lipinski definition) is 3. The number of carbonyl (C=O) groups is 2. The summed E-state index contributed by atoms with van der Waals surface area (Å²) in [6.45, 7) is 2.25. The minimum atomic E-state index is -0.311. The number of nitrogens with one attached hydrogen (secondary N) is 2. The first-order valence-corrected chi connectivity index (χ1v) is 8.15. The highest BCUT2D eigenvalue weighted by atomic mass is 16.2. The Morgan fingerprint density at radius 2 is 2.17 bits per heavy atom. The summed E-state index contributed by atoms with van der Waals surface area (Å²) in [6, 6.07) is 7.52. The Morgan fingerprint density at radius 3 is 2.91 bits per heavy atom. The maximum Gasteiger partial charge on any atom is 0.240 e. The van der Waals surface area contributed by atoms with E-state index in [1.54, 1.807) is 18.9 Å². The largest absolute Gasteiger partial charge is 0.361 e. The van der Waals surface area contributed by atoms with Crippen molar-refractivity contribution in [3.05, 3.63) is 36.0 Å². The van der Waals surface area contributed by atoms with Gasteiger partial charge >= 0.3 is 0 Å². The Bertz CT molecular complexity index is 722. The summed E-state index contributed by atoms with van der Waals surface area (Å²) in [4.78, 5) is 29.6. The highest BCUT2D eigenvalue weighted by Gasteiger charge is 2.35. The maximum atomic E-state index is 12.9. The van der Waals surface area contributed by atoms with E-state index in [2.05, 4.69) is 16.4 Å². The lowest BCUT2D eigenvalue weighted by atomic mass is 10.0. The van der Waals surface area contributed by atoms with Crippen LogP contribution in [0, 0.1) is 0 Å². The molecular formula is C18H23N3O2. The Balaban J connectivity index is 1.79. The minimum absolute atomic E-state index is 0.0236. The second-order valence-corrected chi connectivity index (χ2v) is 6.21. The number of benzene rings is 1. The number of H-pyrrole nitrogens is 1. The number of para-hydroxylation sites is 1. The number of aromatic nitrogens is 1. The molecule has 5 heteroatoms. The van der Waals surface area contributed by atoms with Crippen LogP contribution in [0.2, 0.25) is 0 Å². The monoisotopic (exact) mass is 313 g/mol. The topological polar surface area (TPSA) is 65.2 Å². The van der Waals surface area contributed by atoms with Crippen LogP contribution in [0.5, 0.6) is 0 Å². The molecule has 2 atom stereocenters. The average molecular weight is 313 g/mol. The molecule has 3 rings (SSSR count). The van der Waals surface area contributed by atoms with E-state index in [0.29, 0.717) is 13.0 Å². The molecule has 0 unspecified atom stereocenters. The number of rotatable bonds is 5. The zero-order valence-corrected chi connectivity index (χ0v) is 13.6. The average Bonchev–Trinajstić information content (AvgIpc) is 3.19.